The second kappa shape index (κ2) is 3.18. The van der Waals surface area contributed by atoms with Gasteiger partial charge in [0, 0.05) is 4.87 Å². The summed E-state index contributed by atoms with van der Waals surface area (Å²) in [5.41, 5.74) is 0. The van der Waals surface area contributed by atoms with E-state index in [2.05, 4.69) is 32.9 Å². The van der Waals surface area contributed by atoms with Gasteiger partial charge in [-0.15, -0.1) is 11.6 Å². The molecule has 1 aliphatic rings. The van der Waals surface area contributed by atoms with Crippen LogP contribution in [0.3, 0.4) is 0 Å². The molecule has 0 nitrogen and oxygen atoms in total. The molecule has 1 heteroatoms. The fraction of sp³-hybridized carbons (Fsp3) is 0.800. The molecule has 2 unspecified atom stereocenters. The lowest BCUT2D eigenvalue weighted by atomic mass is 9.83. The molecular formula is C10H17Cl. The monoisotopic (exact) mass is 172 g/mol. The quantitative estimate of drug-likeness (QED) is 0.419. The summed E-state index contributed by atoms with van der Waals surface area (Å²) in [5, 5.41) is 0. The lowest BCUT2D eigenvalue weighted by molar-refractivity contribution is 0.406. The summed E-state index contributed by atoms with van der Waals surface area (Å²) in [4.78, 5) is -0.0589. The van der Waals surface area contributed by atoms with Crippen LogP contribution < -0.4 is 0 Å². The molecule has 2 atom stereocenters. The van der Waals surface area contributed by atoms with Gasteiger partial charge in [-0.2, -0.15) is 0 Å². The van der Waals surface area contributed by atoms with Gasteiger partial charge in [-0.3, -0.25) is 0 Å². The Morgan fingerprint density at radius 3 is 2.27 bits per heavy atom. The Bertz CT molecular complexity index is 153. The van der Waals surface area contributed by atoms with Gasteiger partial charge in [-0.25, -0.2) is 0 Å². The van der Waals surface area contributed by atoms with Gasteiger partial charge in [0.15, 0.2) is 0 Å². The molecule has 0 bridgehead atoms. The molecule has 0 spiro atoms. The molecule has 0 aromatic rings. The van der Waals surface area contributed by atoms with Crippen molar-refractivity contribution in [2.45, 2.75) is 38.5 Å². The van der Waals surface area contributed by atoms with E-state index in [4.69, 9.17) is 11.6 Å². The normalized spacial score (nSPS) is 32.4. The fourth-order valence-corrected chi connectivity index (χ4v) is 1.71. The molecule has 0 aliphatic heterocycles. The zero-order valence-electron chi connectivity index (χ0n) is 7.60. The third kappa shape index (κ3) is 2.52. The van der Waals surface area contributed by atoms with Crippen LogP contribution in [0, 0.1) is 11.8 Å². The van der Waals surface area contributed by atoms with E-state index in [1.54, 1.807) is 0 Å². The van der Waals surface area contributed by atoms with Crippen molar-refractivity contribution in [3.63, 3.8) is 0 Å². The van der Waals surface area contributed by atoms with Gasteiger partial charge in [0.05, 0.1) is 0 Å². The van der Waals surface area contributed by atoms with Crippen LogP contribution in [-0.2, 0) is 0 Å². The summed E-state index contributed by atoms with van der Waals surface area (Å²) in [6.45, 7) is 6.45. The molecule has 0 amide bonds. The van der Waals surface area contributed by atoms with Crippen molar-refractivity contribution in [2.75, 3.05) is 0 Å². The van der Waals surface area contributed by atoms with E-state index in [-0.39, 0.29) is 4.87 Å². The van der Waals surface area contributed by atoms with Crippen LogP contribution >= 0.6 is 11.6 Å². The minimum absolute atomic E-state index is 0.0589. The highest BCUT2D eigenvalue weighted by Gasteiger charge is 2.26. The topological polar surface area (TPSA) is 0 Å². The van der Waals surface area contributed by atoms with Crippen molar-refractivity contribution < 1.29 is 0 Å². The predicted molar refractivity (Wildman–Crippen MR) is 51.0 cm³/mol. The Labute approximate surface area is 74.6 Å². The molecule has 0 fully saturated rings. The molecule has 0 aromatic carbocycles. The Kier molecular flexibility index (Phi) is 2.64. The first-order valence-electron chi connectivity index (χ1n) is 4.37. The average molecular weight is 173 g/mol. The minimum atomic E-state index is -0.0589. The van der Waals surface area contributed by atoms with E-state index >= 15 is 0 Å². The molecule has 0 heterocycles. The lowest BCUT2D eigenvalue weighted by Gasteiger charge is -2.29. The number of alkyl halides is 1. The first-order chi connectivity index (χ1) is 5.00. The maximum Gasteiger partial charge on any atom is 0.0453 e. The van der Waals surface area contributed by atoms with Crippen molar-refractivity contribution in [1.82, 2.24) is 0 Å². The van der Waals surface area contributed by atoms with E-state index in [9.17, 15) is 0 Å². The molecule has 0 N–H and O–H groups in total. The van der Waals surface area contributed by atoms with Crippen molar-refractivity contribution in [3.8, 4) is 0 Å². The number of rotatable bonds is 1. The van der Waals surface area contributed by atoms with Gasteiger partial charge in [0.2, 0.25) is 0 Å². The second-order valence-electron chi connectivity index (χ2n) is 4.11. The highest BCUT2D eigenvalue weighted by Crippen LogP contribution is 2.33. The van der Waals surface area contributed by atoms with Crippen LogP contribution in [-0.4, -0.2) is 4.87 Å². The molecule has 0 aromatic heterocycles. The van der Waals surface area contributed by atoms with Gasteiger partial charge < -0.3 is 0 Å². The second-order valence-corrected chi connectivity index (χ2v) is 5.08. The van der Waals surface area contributed by atoms with E-state index in [1.165, 1.54) is 12.8 Å². The Morgan fingerprint density at radius 2 is 1.91 bits per heavy atom. The smallest absolute Gasteiger partial charge is 0.0453 e. The summed E-state index contributed by atoms with van der Waals surface area (Å²) < 4.78 is 0. The maximum absolute atomic E-state index is 6.21. The van der Waals surface area contributed by atoms with E-state index in [0.29, 0.717) is 5.92 Å². The molecule has 64 valence electrons. The van der Waals surface area contributed by atoms with Gasteiger partial charge in [-0.1, -0.05) is 19.1 Å². The number of halogens is 1. The summed E-state index contributed by atoms with van der Waals surface area (Å²) >= 11 is 6.21. The first-order valence-corrected chi connectivity index (χ1v) is 4.75. The Morgan fingerprint density at radius 1 is 1.27 bits per heavy atom. The Balaban J connectivity index is 2.57. The van der Waals surface area contributed by atoms with E-state index < -0.39 is 0 Å². The van der Waals surface area contributed by atoms with Gasteiger partial charge in [-0.05, 0) is 38.5 Å². The maximum atomic E-state index is 6.21. The van der Waals surface area contributed by atoms with Crippen molar-refractivity contribution in [3.05, 3.63) is 12.2 Å². The average Bonchev–Trinajstić information content (AvgIpc) is 1.86. The molecule has 0 saturated heterocycles. The van der Waals surface area contributed by atoms with Crippen LogP contribution in [0.1, 0.15) is 33.6 Å². The molecule has 1 aliphatic carbocycles. The fourth-order valence-electron chi connectivity index (χ4n) is 1.53. The highest BCUT2D eigenvalue weighted by molar-refractivity contribution is 6.23. The third-order valence-electron chi connectivity index (χ3n) is 2.49. The zero-order chi connectivity index (χ0) is 8.48. The number of hydrogen-bond donors (Lipinski definition) is 0. The molecule has 1 rings (SSSR count). The largest absolute Gasteiger partial charge is 0.119 e. The lowest BCUT2D eigenvalue weighted by Crippen LogP contribution is -2.25. The van der Waals surface area contributed by atoms with Crippen LogP contribution in [0.5, 0.6) is 0 Å². The molecule has 0 saturated carbocycles. The first kappa shape index (κ1) is 9.12. The Hall–Kier alpha value is 0.0300. The van der Waals surface area contributed by atoms with E-state index in [0.717, 1.165) is 5.92 Å². The van der Waals surface area contributed by atoms with Crippen LogP contribution in [0.4, 0.5) is 0 Å². The summed E-state index contributed by atoms with van der Waals surface area (Å²) in [7, 11) is 0. The SMILES string of the molecule is CC1C=CC(C(C)(C)Cl)CC1. The summed E-state index contributed by atoms with van der Waals surface area (Å²) in [6.07, 6.45) is 7.10. The molecule has 0 radical (unpaired) electrons. The van der Waals surface area contributed by atoms with Gasteiger partial charge in [0.25, 0.3) is 0 Å². The predicted octanol–water partition coefficient (Wildman–Crippen LogP) is 3.61. The third-order valence-corrected chi connectivity index (χ3v) is 2.77. The standard InChI is InChI=1S/C10H17Cl/c1-8-4-6-9(7-5-8)10(2,3)11/h4,6,8-9H,5,7H2,1-3H3. The van der Waals surface area contributed by atoms with Crippen molar-refractivity contribution >= 4 is 11.6 Å². The zero-order valence-corrected chi connectivity index (χ0v) is 8.36. The van der Waals surface area contributed by atoms with Crippen molar-refractivity contribution in [2.24, 2.45) is 11.8 Å². The van der Waals surface area contributed by atoms with Crippen molar-refractivity contribution in [1.29, 1.82) is 0 Å². The molecule has 11 heavy (non-hydrogen) atoms. The minimum Gasteiger partial charge on any atom is -0.119 e. The van der Waals surface area contributed by atoms with Crippen LogP contribution in [0.2, 0.25) is 0 Å². The summed E-state index contributed by atoms with van der Waals surface area (Å²) in [5.74, 6) is 1.32. The van der Waals surface area contributed by atoms with Crippen LogP contribution in [0.25, 0.3) is 0 Å². The number of hydrogen-bond acceptors (Lipinski definition) is 0. The summed E-state index contributed by atoms with van der Waals surface area (Å²) in [6, 6.07) is 0. The highest BCUT2D eigenvalue weighted by atomic mass is 35.5. The van der Waals surface area contributed by atoms with Gasteiger partial charge >= 0.3 is 0 Å². The molecular weight excluding hydrogens is 156 g/mol. The van der Waals surface area contributed by atoms with Crippen LogP contribution in [0.15, 0.2) is 12.2 Å². The number of allylic oxidation sites excluding steroid dienone is 2. The van der Waals surface area contributed by atoms with Gasteiger partial charge in [0.1, 0.15) is 0 Å². The van der Waals surface area contributed by atoms with E-state index in [1.807, 2.05) is 0 Å².